The number of benzene rings is 3. The number of nitrogens with one attached hydrogen (secondary N) is 1. The number of carbonyl (C=O) groups excluding carboxylic acids is 1. The molecule has 2 aromatic carbocycles. The first-order valence-electron chi connectivity index (χ1n) is 8.76. The molecule has 6 heteroatoms. The molecule has 6 nitrogen and oxygen atoms in total. The number of amides is 1. The second-order valence-electron chi connectivity index (χ2n) is 6.55. The number of aromatic nitrogens is 1. The standard InChI is InChI=1S/C21H19N3O3/c1-4-22-21(26)17-19(25)14-8-6-5-7-13(14)18-20(17)27-16-11-12(24(2)3)9-10-15(16)23-18/h5-11H,4H2,1-3H3,(H,22,26). The molecule has 136 valence electrons. The SMILES string of the molecule is CCNC(=O)c1c2oc3cc(N(C)C)ccc3nc-2c2ccccc2c1=O. The summed E-state index contributed by atoms with van der Waals surface area (Å²) in [6, 6.07) is 12.8. The van der Waals surface area contributed by atoms with Gasteiger partial charge in [0.25, 0.3) is 5.91 Å². The number of hydrogen-bond donors (Lipinski definition) is 1. The summed E-state index contributed by atoms with van der Waals surface area (Å²) in [6.45, 7) is 2.22. The molecule has 1 aliphatic heterocycles. The summed E-state index contributed by atoms with van der Waals surface area (Å²) in [6.07, 6.45) is 0. The van der Waals surface area contributed by atoms with E-state index in [1.807, 2.05) is 49.3 Å². The zero-order valence-corrected chi connectivity index (χ0v) is 15.4. The van der Waals surface area contributed by atoms with Crippen LogP contribution in [0.3, 0.4) is 0 Å². The Morgan fingerprint density at radius 2 is 1.89 bits per heavy atom. The molecule has 1 aliphatic carbocycles. The molecule has 27 heavy (non-hydrogen) atoms. The van der Waals surface area contributed by atoms with Gasteiger partial charge in [-0.15, -0.1) is 0 Å². The average Bonchev–Trinajstić information content (AvgIpc) is 2.67. The highest BCUT2D eigenvalue weighted by molar-refractivity contribution is 6.08. The normalized spacial score (nSPS) is 11.2. The minimum atomic E-state index is -0.452. The summed E-state index contributed by atoms with van der Waals surface area (Å²) in [5.74, 6) is -0.236. The van der Waals surface area contributed by atoms with Gasteiger partial charge in [-0.2, -0.15) is 0 Å². The molecular weight excluding hydrogens is 342 g/mol. The Labute approximate surface area is 155 Å². The lowest BCUT2D eigenvalue weighted by Gasteiger charge is -2.16. The maximum atomic E-state index is 13.0. The van der Waals surface area contributed by atoms with Crippen LogP contribution in [-0.2, 0) is 0 Å². The van der Waals surface area contributed by atoms with Crippen molar-refractivity contribution in [1.29, 1.82) is 0 Å². The largest absolute Gasteiger partial charge is 0.452 e. The van der Waals surface area contributed by atoms with Crippen molar-refractivity contribution < 1.29 is 9.21 Å². The van der Waals surface area contributed by atoms with Gasteiger partial charge in [-0.1, -0.05) is 24.3 Å². The second-order valence-corrected chi connectivity index (χ2v) is 6.55. The van der Waals surface area contributed by atoms with Gasteiger partial charge in [-0.05, 0) is 19.1 Å². The van der Waals surface area contributed by atoms with Crippen molar-refractivity contribution in [3.05, 3.63) is 58.3 Å². The van der Waals surface area contributed by atoms with Crippen LogP contribution < -0.4 is 15.6 Å². The van der Waals surface area contributed by atoms with E-state index in [1.54, 1.807) is 19.1 Å². The number of carbonyl (C=O) groups is 1. The van der Waals surface area contributed by atoms with E-state index in [-0.39, 0.29) is 16.8 Å². The number of anilines is 1. The smallest absolute Gasteiger partial charge is 0.259 e. The second kappa shape index (κ2) is 6.39. The van der Waals surface area contributed by atoms with E-state index < -0.39 is 5.91 Å². The van der Waals surface area contributed by atoms with Crippen molar-refractivity contribution in [1.82, 2.24) is 10.3 Å². The van der Waals surface area contributed by atoms with Gasteiger partial charge in [0, 0.05) is 43.2 Å². The molecule has 2 aromatic rings. The van der Waals surface area contributed by atoms with Crippen molar-refractivity contribution in [2.75, 3.05) is 25.5 Å². The predicted octanol–water partition coefficient (Wildman–Crippen LogP) is 3.26. The molecule has 2 aliphatic rings. The summed E-state index contributed by atoms with van der Waals surface area (Å²) < 4.78 is 6.07. The van der Waals surface area contributed by atoms with E-state index >= 15 is 0 Å². The fourth-order valence-electron chi connectivity index (χ4n) is 3.22. The van der Waals surface area contributed by atoms with E-state index in [1.165, 1.54) is 0 Å². The lowest BCUT2D eigenvalue weighted by molar-refractivity contribution is 0.0954. The van der Waals surface area contributed by atoms with Crippen LogP contribution in [0.15, 0.2) is 51.7 Å². The van der Waals surface area contributed by atoms with E-state index in [9.17, 15) is 9.59 Å². The van der Waals surface area contributed by atoms with E-state index in [2.05, 4.69) is 5.32 Å². The third kappa shape index (κ3) is 2.70. The monoisotopic (exact) mass is 361 g/mol. The van der Waals surface area contributed by atoms with E-state index in [4.69, 9.17) is 9.40 Å². The summed E-state index contributed by atoms with van der Waals surface area (Å²) in [4.78, 5) is 32.3. The van der Waals surface area contributed by atoms with Crippen LogP contribution in [0.25, 0.3) is 33.3 Å². The Hall–Kier alpha value is -3.41. The Morgan fingerprint density at radius 3 is 2.59 bits per heavy atom. The van der Waals surface area contributed by atoms with Gasteiger partial charge < -0.3 is 14.6 Å². The minimum absolute atomic E-state index is 0.00444. The zero-order chi connectivity index (χ0) is 19.1. The van der Waals surface area contributed by atoms with Crippen molar-refractivity contribution in [2.24, 2.45) is 0 Å². The van der Waals surface area contributed by atoms with E-state index in [0.717, 1.165) is 5.69 Å². The molecule has 4 rings (SSSR count). The van der Waals surface area contributed by atoms with Gasteiger partial charge >= 0.3 is 0 Å². The molecule has 1 amide bonds. The first-order chi connectivity index (χ1) is 13.0. The van der Waals surface area contributed by atoms with Gasteiger partial charge in [0.05, 0.1) is 0 Å². The van der Waals surface area contributed by atoms with Crippen LogP contribution in [0.4, 0.5) is 5.69 Å². The van der Waals surface area contributed by atoms with Gasteiger partial charge in [0.1, 0.15) is 16.8 Å². The molecule has 0 radical (unpaired) electrons. The molecule has 0 atom stereocenters. The zero-order valence-electron chi connectivity index (χ0n) is 15.4. The summed E-state index contributed by atoms with van der Waals surface area (Å²) >= 11 is 0. The van der Waals surface area contributed by atoms with Crippen LogP contribution in [-0.4, -0.2) is 31.5 Å². The van der Waals surface area contributed by atoms with Crippen LogP contribution in [0.5, 0.6) is 0 Å². The lowest BCUT2D eigenvalue weighted by Crippen LogP contribution is -2.29. The molecule has 0 bridgehead atoms. The number of hydrogen-bond acceptors (Lipinski definition) is 5. The van der Waals surface area contributed by atoms with Crippen molar-refractivity contribution in [2.45, 2.75) is 6.92 Å². The number of fused-ring (bicyclic) bond motifs is 4. The Balaban J connectivity index is 2.16. The first-order valence-corrected chi connectivity index (χ1v) is 8.76. The highest BCUT2D eigenvalue weighted by Crippen LogP contribution is 2.33. The average molecular weight is 361 g/mol. The minimum Gasteiger partial charge on any atom is -0.452 e. The lowest BCUT2D eigenvalue weighted by atomic mass is 9.99. The molecule has 1 N–H and O–H groups in total. The molecule has 0 aromatic heterocycles. The summed E-state index contributed by atoms with van der Waals surface area (Å²) in [7, 11) is 3.86. The highest BCUT2D eigenvalue weighted by Gasteiger charge is 2.26. The summed E-state index contributed by atoms with van der Waals surface area (Å²) in [5, 5.41) is 3.83. The molecule has 0 spiro atoms. The maximum absolute atomic E-state index is 13.0. The van der Waals surface area contributed by atoms with Crippen LogP contribution in [0.1, 0.15) is 17.3 Å². The Bertz CT molecular complexity index is 1210. The Morgan fingerprint density at radius 1 is 1.15 bits per heavy atom. The molecule has 0 unspecified atom stereocenters. The topological polar surface area (TPSA) is 75.4 Å². The number of nitrogens with zero attached hydrogens (tertiary/aromatic N) is 2. The van der Waals surface area contributed by atoms with Gasteiger partial charge in [0.2, 0.25) is 5.43 Å². The van der Waals surface area contributed by atoms with Crippen molar-refractivity contribution in [3.63, 3.8) is 0 Å². The third-order valence-electron chi connectivity index (χ3n) is 4.56. The van der Waals surface area contributed by atoms with Crippen LogP contribution in [0, 0.1) is 0 Å². The molecule has 1 heterocycles. The van der Waals surface area contributed by atoms with Crippen molar-refractivity contribution >= 4 is 33.5 Å². The molecule has 0 saturated carbocycles. The third-order valence-corrected chi connectivity index (χ3v) is 4.56. The fraction of sp³-hybridized carbons (Fsp3) is 0.190. The first kappa shape index (κ1) is 17.0. The van der Waals surface area contributed by atoms with Gasteiger partial charge in [-0.25, -0.2) is 4.98 Å². The summed E-state index contributed by atoms with van der Waals surface area (Å²) in [5.41, 5.74) is 2.28. The molecule has 0 fully saturated rings. The van der Waals surface area contributed by atoms with Crippen LogP contribution >= 0.6 is 0 Å². The van der Waals surface area contributed by atoms with Gasteiger partial charge in [0.15, 0.2) is 11.3 Å². The Kier molecular flexibility index (Phi) is 4.03. The molecule has 0 saturated heterocycles. The quantitative estimate of drug-likeness (QED) is 0.448. The highest BCUT2D eigenvalue weighted by atomic mass is 16.3. The van der Waals surface area contributed by atoms with Crippen molar-refractivity contribution in [3.8, 4) is 11.5 Å². The fourth-order valence-corrected chi connectivity index (χ4v) is 3.22. The van der Waals surface area contributed by atoms with Gasteiger partial charge in [-0.3, -0.25) is 9.59 Å². The molecular formula is C21H19N3O3. The predicted molar refractivity (Wildman–Crippen MR) is 107 cm³/mol. The maximum Gasteiger partial charge on any atom is 0.259 e. The number of rotatable bonds is 3. The van der Waals surface area contributed by atoms with Crippen LogP contribution in [0.2, 0.25) is 0 Å². The van der Waals surface area contributed by atoms with E-state index in [0.29, 0.717) is 34.1 Å².